The van der Waals surface area contributed by atoms with Gasteiger partial charge >= 0.3 is 0 Å². The van der Waals surface area contributed by atoms with Gasteiger partial charge in [0.05, 0.1) is 12.1 Å². The number of benzene rings is 1. The smallest absolute Gasteiger partial charge is 0.270 e. The van der Waals surface area contributed by atoms with Crippen LogP contribution in [0.2, 0.25) is 0 Å². The number of amides is 2. The number of hydrogen-bond acceptors (Lipinski definition) is 3. The van der Waals surface area contributed by atoms with E-state index in [0.29, 0.717) is 18.8 Å². The molecule has 1 aromatic carbocycles. The monoisotopic (exact) mass is 313 g/mol. The van der Waals surface area contributed by atoms with Crippen LogP contribution in [0.25, 0.3) is 10.9 Å². The summed E-state index contributed by atoms with van der Waals surface area (Å²) in [7, 11) is 0. The molecule has 0 spiro atoms. The zero-order valence-corrected chi connectivity index (χ0v) is 12.7. The van der Waals surface area contributed by atoms with Crippen molar-refractivity contribution in [3.63, 3.8) is 0 Å². The number of aromatic nitrogens is 1. The Morgan fingerprint density at radius 1 is 1.22 bits per heavy atom. The molecular weight excluding hydrogens is 294 g/mol. The van der Waals surface area contributed by atoms with Crippen molar-refractivity contribution in [1.82, 2.24) is 15.2 Å². The highest BCUT2D eigenvalue weighted by Crippen LogP contribution is 2.21. The molecule has 4 rings (SSSR count). The molecule has 0 unspecified atom stereocenters. The van der Waals surface area contributed by atoms with E-state index < -0.39 is 0 Å². The zero-order chi connectivity index (χ0) is 15.8. The molecule has 0 radical (unpaired) electrons. The average Bonchev–Trinajstić information content (AvgIpc) is 2.89. The van der Waals surface area contributed by atoms with E-state index in [4.69, 9.17) is 4.74 Å². The van der Waals surface area contributed by atoms with Gasteiger partial charge in [-0.3, -0.25) is 9.59 Å². The first-order valence-electron chi connectivity index (χ1n) is 7.99. The van der Waals surface area contributed by atoms with Crippen LogP contribution in [0, 0.1) is 0 Å². The molecule has 6 nitrogen and oxygen atoms in total. The number of nitrogens with zero attached hydrogens (tertiary/aromatic N) is 1. The van der Waals surface area contributed by atoms with Gasteiger partial charge < -0.3 is 19.9 Å². The Labute approximate surface area is 133 Å². The number of hydrogen-bond donors (Lipinski definition) is 2. The second-order valence-electron chi connectivity index (χ2n) is 6.16. The van der Waals surface area contributed by atoms with Gasteiger partial charge in [0.15, 0.2) is 0 Å². The fraction of sp³-hybridized carbons (Fsp3) is 0.412. The van der Waals surface area contributed by atoms with E-state index >= 15 is 0 Å². The normalized spacial score (nSPS) is 24.9. The number of likely N-dealkylation sites (tertiary alicyclic amines) is 1. The van der Waals surface area contributed by atoms with Crippen LogP contribution in [0.1, 0.15) is 23.3 Å². The lowest BCUT2D eigenvalue weighted by Crippen LogP contribution is -2.51. The summed E-state index contributed by atoms with van der Waals surface area (Å²) in [6.07, 6.45) is 1.48. The minimum Gasteiger partial charge on any atom is -0.366 e. The van der Waals surface area contributed by atoms with Crippen molar-refractivity contribution in [2.75, 3.05) is 19.7 Å². The van der Waals surface area contributed by atoms with Crippen molar-refractivity contribution in [3.05, 3.63) is 36.0 Å². The van der Waals surface area contributed by atoms with Crippen molar-refractivity contribution >= 4 is 22.7 Å². The lowest BCUT2D eigenvalue weighted by atomic mass is 10.0. The summed E-state index contributed by atoms with van der Waals surface area (Å²) in [5, 5.41) is 4.01. The van der Waals surface area contributed by atoms with E-state index in [0.717, 1.165) is 23.7 Å². The standard InChI is InChI=1S/C17H19N3O3/c21-16-10-23-15-6-8-20(7-5-13(15)19-16)17(22)14-9-11-3-1-2-4-12(11)18-14/h1-4,9,13,15,18H,5-8,10H2,(H,19,21)/t13-,15-/m0/s1. The molecule has 6 heteroatoms. The van der Waals surface area contributed by atoms with Gasteiger partial charge in [0.25, 0.3) is 5.91 Å². The van der Waals surface area contributed by atoms with E-state index in [-0.39, 0.29) is 30.6 Å². The topological polar surface area (TPSA) is 74.4 Å². The lowest BCUT2D eigenvalue weighted by Gasteiger charge is -2.30. The van der Waals surface area contributed by atoms with E-state index in [2.05, 4.69) is 10.3 Å². The fourth-order valence-corrected chi connectivity index (χ4v) is 3.43. The van der Waals surface area contributed by atoms with Gasteiger partial charge in [0.1, 0.15) is 12.3 Å². The third-order valence-corrected chi connectivity index (χ3v) is 4.66. The fourth-order valence-electron chi connectivity index (χ4n) is 3.43. The molecular formula is C17H19N3O3. The molecule has 0 saturated carbocycles. The Balaban J connectivity index is 1.51. The number of aromatic amines is 1. The third kappa shape index (κ3) is 2.70. The molecule has 2 aromatic rings. The SMILES string of the molecule is O=C1CO[C@H]2CCN(C(=O)c3cc4ccccc4[nH]3)CC[C@@H]2N1. The predicted octanol–water partition coefficient (Wildman–Crippen LogP) is 1.29. The van der Waals surface area contributed by atoms with Crippen molar-refractivity contribution < 1.29 is 14.3 Å². The Kier molecular flexibility index (Phi) is 3.53. The van der Waals surface area contributed by atoms with Crippen LogP contribution < -0.4 is 5.32 Å². The second-order valence-corrected chi connectivity index (χ2v) is 6.16. The summed E-state index contributed by atoms with van der Waals surface area (Å²) in [5.41, 5.74) is 1.58. The highest BCUT2D eigenvalue weighted by molar-refractivity contribution is 5.98. The zero-order valence-electron chi connectivity index (χ0n) is 12.7. The van der Waals surface area contributed by atoms with Gasteiger partial charge in [-0.25, -0.2) is 0 Å². The first-order chi connectivity index (χ1) is 11.2. The molecule has 2 N–H and O–H groups in total. The summed E-state index contributed by atoms with van der Waals surface area (Å²) in [5.74, 6) is -0.0622. The molecule has 2 amide bonds. The van der Waals surface area contributed by atoms with E-state index in [1.807, 2.05) is 35.2 Å². The van der Waals surface area contributed by atoms with Crippen LogP contribution in [-0.2, 0) is 9.53 Å². The molecule has 120 valence electrons. The van der Waals surface area contributed by atoms with Gasteiger partial charge in [0, 0.05) is 24.0 Å². The highest BCUT2D eigenvalue weighted by atomic mass is 16.5. The highest BCUT2D eigenvalue weighted by Gasteiger charge is 2.33. The number of carbonyl (C=O) groups excluding carboxylic acids is 2. The first-order valence-corrected chi connectivity index (χ1v) is 7.99. The van der Waals surface area contributed by atoms with Crippen LogP contribution >= 0.6 is 0 Å². The van der Waals surface area contributed by atoms with Gasteiger partial charge in [0.2, 0.25) is 5.91 Å². The molecule has 23 heavy (non-hydrogen) atoms. The third-order valence-electron chi connectivity index (χ3n) is 4.66. The van der Waals surface area contributed by atoms with Crippen molar-refractivity contribution in [1.29, 1.82) is 0 Å². The number of nitrogens with one attached hydrogen (secondary N) is 2. The minimum absolute atomic E-state index is 0.00572. The molecule has 2 fully saturated rings. The van der Waals surface area contributed by atoms with Crippen LogP contribution in [0.3, 0.4) is 0 Å². The molecule has 0 bridgehead atoms. The van der Waals surface area contributed by atoms with Crippen LogP contribution in [0.4, 0.5) is 0 Å². The number of fused-ring (bicyclic) bond motifs is 2. The Morgan fingerprint density at radius 3 is 2.91 bits per heavy atom. The van der Waals surface area contributed by atoms with E-state index in [9.17, 15) is 9.59 Å². The van der Waals surface area contributed by atoms with Crippen LogP contribution in [-0.4, -0.2) is 53.5 Å². The molecule has 3 heterocycles. The molecule has 2 atom stereocenters. The molecule has 2 aliphatic rings. The van der Waals surface area contributed by atoms with E-state index in [1.165, 1.54) is 0 Å². The number of morpholine rings is 1. The number of carbonyl (C=O) groups is 2. The first kappa shape index (κ1) is 14.3. The Morgan fingerprint density at radius 2 is 2.04 bits per heavy atom. The van der Waals surface area contributed by atoms with Crippen molar-refractivity contribution in [3.8, 4) is 0 Å². The maximum atomic E-state index is 12.8. The van der Waals surface area contributed by atoms with Gasteiger partial charge in [-0.15, -0.1) is 0 Å². The van der Waals surface area contributed by atoms with Gasteiger partial charge in [-0.2, -0.15) is 0 Å². The van der Waals surface area contributed by atoms with E-state index in [1.54, 1.807) is 0 Å². The maximum absolute atomic E-state index is 12.8. The molecule has 1 aromatic heterocycles. The Hall–Kier alpha value is -2.34. The number of rotatable bonds is 1. The summed E-state index contributed by atoms with van der Waals surface area (Å²) < 4.78 is 5.60. The minimum atomic E-state index is -0.0679. The maximum Gasteiger partial charge on any atom is 0.270 e. The summed E-state index contributed by atoms with van der Waals surface area (Å²) >= 11 is 0. The van der Waals surface area contributed by atoms with Crippen molar-refractivity contribution in [2.24, 2.45) is 0 Å². The summed E-state index contributed by atoms with van der Waals surface area (Å²) in [6.45, 7) is 1.39. The van der Waals surface area contributed by atoms with Crippen molar-refractivity contribution in [2.45, 2.75) is 25.0 Å². The van der Waals surface area contributed by atoms with Gasteiger partial charge in [-0.05, 0) is 25.0 Å². The van der Waals surface area contributed by atoms with Gasteiger partial charge in [-0.1, -0.05) is 18.2 Å². The Bertz CT molecular complexity index is 721. The largest absolute Gasteiger partial charge is 0.366 e. The second kappa shape index (κ2) is 5.70. The number of para-hydroxylation sites is 1. The summed E-state index contributed by atoms with van der Waals surface area (Å²) in [4.78, 5) is 29.2. The number of ether oxygens (including phenoxy) is 1. The lowest BCUT2D eigenvalue weighted by molar-refractivity contribution is -0.136. The summed E-state index contributed by atoms with van der Waals surface area (Å²) in [6, 6.07) is 9.77. The number of H-pyrrole nitrogens is 1. The van der Waals surface area contributed by atoms with Crippen LogP contribution in [0.5, 0.6) is 0 Å². The molecule has 0 aliphatic carbocycles. The average molecular weight is 313 g/mol. The van der Waals surface area contributed by atoms with Crippen LogP contribution in [0.15, 0.2) is 30.3 Å². The predicted molar refractivity (Wildman–Crippen MR) is 85.1 cm³/mol. The molecule has 2 aliphatic heterocycles. The molecule has 2 saturated heterocycles. The quantitative estimate of drug-likeness (QED) is 0.833.